The summed E-state index contributed by atoms with van der Waals surface area (Å²) in [6.07, 6.45) is 2.47. The SMILES string of the molecule is CC(NC(=O)CC1CCCN1)c1ccc(F)cc1F. The highest BCUT2D eigenvalue weighted by atomic mass is 19.1. The minimum Gasteiger partial charge on any atom is -0.349 e. The smallest absolute Gasteiger partial charge is 0.222 e. The Morgan fingerprint density at radius 2 is 2.32 bits per heavy atom. The van der Waals surface area contributed by atoms with Gasteiger partial charge in [0.2, 0.25) is 5.91 Å². The van der Waals surface area contributed by atoms with E-state index in [0.29, 0.717) is 12.0 Å². The fraction of sp³-hybridized carbons (Fsp3) is 0.500. The van der Waals surface area contributed by atoms with Crippen LogP contribution in [0.5, 0.6) is 0 Å². The van der Waals surface area contributed by atoms with Gasteiger partial charge < -0.3 is 10.6 Å². The molecule has 1 aliphatic heterocycles. The van der Waals surface area contributed by atoms with Gasteiger partial charge in [0, 0.05) is 24.1 Å². The number of carbonyl (C=O) groups is 1. The quantitative estimate of drug-likeness (QED) is 0.879. The summed E-state index contributed by atoms with van der Waals surface area (Å²) in [6.45, 7) is 2.64. The maximum atomic E-state index is 13.6. The molecule has 2 N–H and O–H groups in total. The zero-order chi connectivity index (χ0) is 13.8. The van der Waals surface area contributed by atoms with Crippen molar-refractivity contribution in [2.75, 3.05) is 6.54 Å². The number of amides is 1. The standard InChI is InChI=1S/C14H18F2N2O/c1-9(12-5-4-10(15)7-13(12)16)18-14(19)8-11-3-2-6-17-11/h4-5,7,9,11,17H,2-3,6,8H2,1H3,(H,18,19). The molecular formula is C14H18F2N2O. The lowest BCUT2D eigenvalue weighted by atomic mass is 10.1. The molecule has 1 saturated heterocycles. The first kappa shape index (κ1) is 13.9. The first-order valence-electron chi connectivity index (χ1n) is 6.54. The number of benzene rings is 1. The fourth-order valence-corrected chi connectivity index (χ4v) is 2.39. The summed E-state index contributed by atoms with van der Waals surface area (Å²) >= 11 is 0. The Balaban J connectivity index is 1.92. The molecule has 5 heteroatoms. The summed E-state index contributed by atoms with van der Waals surface area (Å²) < 4.78 is 26.4. The third-order valence-corrected chi connectivity index (χ3v) is 3.40. The van der Waals surface area contributed by atoms with Crippen molar-refractivity contribution in [2.45, 2.75) is 38.3 Å². The Hall–Kier alpha value is -1.49. The zero-order valence-corrected chi connectivity index (χ0v) is 10.9. The highest BCUT2D eigenvalue weighted by Gasteiger charge is 2.20. The second-order valence-corrected chi connectivity index (χ2v) is 4.95. The molecule has 0 aliphatic carbocycles. The second kappa shape index (κ2) is 6.10. The maximum absolute atomic E-state index is 13.6. The molecule has 0 spiro atoms. The van der Waals surface area contributed by atoms with Crippen LogP contribution >= 0.6 is 0 Å². The van der Waals surface area contributed by atoms with Gasteiger partial charge in [-0.2, -0.15) is 0 Å². The van der Waals surface area contributed by atoms with Crippen LogP contribution in [-0.4, -0.2) is 18.5 Å². The van der Waals surface area contributed by atoms with Gasteiger partial charge in [-0.3, -0.25) is 4.79 Å². The summed E-state index contributed by atoms with van der Waals surface area (Å²) in [5.74, 6) is -1.36. The minimum absolute atomic E-state index is 0.115. The summed E-state index contributed by atoms with van der Waals surface area (Å²) in [6, 6.07) is 3.14. The molecule has 0 bridgehead atoms. The molecule has 0 radical (unpaired) electrons. The molecule has 19 heavy (non-hydrogen) atoms. The molecule has 1 aromatic rings. The van der Waals surface area contributed by atoms with Crippen LogP contribution in [0.1, 0.15) is 37.8 Å². The Morgan fingerprint density at radius 1 is 1.53 bits per heavy atom. The molecule has 1 amide bonds. The van der Waals surface area contributed by atoms with Crippen LogP contribution in [0.2, 0.25) is 0 Å². The van der Waals surface area contributed by atoms with E-state index in [9.17, 15) is 13.6 Å². The van der Waals surface area contributed by atoms with Gasteiger partial charge in [-0.15, -0.1) is 0 Å². The van der Waals surface area contributed by atoms with E-state index in [1.54, 1.807) is 6.92 Å². The van der Waals surface area contributed by atoms with Gasteiger partial charge in [-0.05, 0) is 32.4 Å². The van der Waals surface area contributed by atoms with Crippen LogP contribution in [0.25, 0.3) is 0 Å². The van der Waals surface area contributed by atoms with E-state index in [-0.39, 0.29) is 11.9 Å². The predicted molar refractivity (Wildman–Crippen MR) is 68.6 cm³/mol. The summed E-state index contributed by atoms with van der Waals surface area (Å²) in [7, 11) is 0. The average Bonchev–Trinajstić information content (AvgIpc) is 2.81. The molecule has 104 valence electrons. The van der Waals surface area contributed by atoms with Crippen LogP contribution in [0, 0.1) is 11.6 Å². The molecule has 2 unspecified atom stereocenters. The largest absolute Gasteiger partial charge is 0.349 e. The van der Waals surface area contributed by atoms with E-state index in [4.69, 9.17) is 0 Å². The topological polar surface area (TPSA) is 41.1 Å². The number of hydrogen-bond donors (Lipinski definition) is 2. The van der Waals surface area contributed by atoms with Crippen molar-refractivity contribution in [1.82, 2.24) is 10.6 Å². The Bertz CT molecular complexity index is 459. The van der Waals surface area contributed by atoms with Gasteiger partial charge >= 0.3 is 0 Å². The molecule has 3 nitrogen and oxygen atoms in total. The summed E-state index contributed by atoms with van der Waals surface area (Å²) in [5, 5.41) is 5.98. The van der Waals surface area contributed by atoms with Crippen molar-refractivity contribution < 1.29 is 13.6 Å². The van der Waals surface area contributed by atoms with Gasteiger partial charge in [0.25, 0.3) is 0 Å². The van der Waals surface area contributed by atoms with Gasteiger partial charge in [-0.1, -0.05) is 6.07 Å². The predicted octanol–water partition coefficient (Wildman–Crippen LogP) is 2.28. The number of rotatable bonds is 4. The van der Waals surface area contributed by atoms with Crippen molar-refractivity contribution in [3.05, 3.63) is 35.4 Å². The molecule has 2 atom stereocenters. The van der Waals surface area contributed by atoms with Crippen LogP contribution in [-0.2, 0) is 4.79 Å². The van der Waals surface area contributed by atoms with E-state index in [1.807, 2.05) is 0 Å². The first-order valence-corrected chi connectivity index (χ1v) is 6.54. The van der Waals surface area contributed by atoms with Crippen molar-refractivity contribution in [3.63, 3.8) is 0 Å². The zero-order valence-electron chi connectivity index (χ0n) is 10.9. The third kappa shape index (κ3) is 3.73. The molecule has 0 aromatic heterocycles. The highest BCUT2D eigenvalue weighted by Crippen LogP contribution is 2.18. The van der Waals surface area contributed by atoms with Gasteiger partial charge in [0.05, 0.1) is 6.04 Å². The average molecular weight is 268 g/mol. The van der Waals surface area contributed by atoms with Crippen molar-refractivity contribution in [1.29, 1.82) is 0 Å². The lowest BCUT2D eigenvalue weighted by molar-refractivity contribution is -0.122. The minimum atomic E-state index is -0.633. The lowest BCUT2D eigenvalue weighted by Gasteiger charge is -2.17. The fourth-order valence-electron chi connectivity index (χ4n) is 2.39. The summed E-state index contributed by atoms with van der Waals surface area (Å²) in [4.78, 5) is 11.8. The van der Waals surface area contributed by atoms with Gasteiger partial charge in [-0.25, -0.2) is 8.78 Å². The van der Waals surface area contributed by atoms with E-state index in [2.05, 4.69) is 10.6 Å². The van der Waals surface area contributed by atoms with Crippen LogP contribution < -0.4 is 10.6 Å². The normalized spacial score (nSPS) is 20.3. The van der Waals surface area contributed by atoms with Crippen LogP contribution in [0.15, 0.2) is 18.2 Å². The Kier molecular flexibility index (Phi) is 4.47. The number of carbonyl (C=O) groups excluding carboxylic acids is 1. The van der Waals surface area contributed by atoms with Crippen molar-refractivity contribution >= 4 is 5.91 Å². The number of nitrogens with one attached hydrogen (secondary N) is 2. The molecule has 1 aromatic carbocycles. The van der Waals surface area contributed by atoms with E-state index >= 15 is 0 Å². The van der Waals surface area contributed by atoms with Gasteiger partial charge in [0.1, 0.15) is 11.6 Å². The van der Waals surface area contributed by atoms with Crippen molar-refractivity contribution in [3.8, 4) is 0 Å². The molecule has 1 aliphatic rings. The molecule has 1 fully saturated rings. The molecular weight excluding hydrogens is 250 g/mol. The first-order chi connectivity index (χ1) is 9.06. The second-order valence-electron chi connectivity index (χ2n) is 4.95. The molecule has 0 saturated carbocycles. The van der Waals surface area contributed by atoms with E-state index in [0.717, 1.165) is 25.5 Å². The highest BCUT2D eigenvalue weighted by molar-refractivity contribution is 5.77. The summed E-state index contributed by atoms with van der Waals surface area (Å²) in [5.41, 5.74) is 0.300. The number of hydrogen-bond acceptors (Lipinski definition) is 2. The third-order valence-electron chi connectivity index (χ3n) is 3.40. The monoisotopic (exact) mass is 268 g/mol. The van der Waals surface area contributed by atoms with Gasteiger partial charge in [0.15, 0.2) is 0 Å². The Labute approximate surface area is 111 Å². The maximum Gasteiger partial charge on any atom is 0.222 e. The Morgan fingerprint density at radius 3 is 2.95 bits per heavy atom. The van der Waals surface area contributed by atoms with Crippen LogP contribution in [0.4, 0.5) is 8.78 Å². The van der Waals surface area contributed by atoms with Crippen LogP contribution in [0.3, 0.4) is 0 Å². The van der Waals surface area contributed by atoms with E-state index < -0.39 is 17.7 Å². The van der Waals surface area contributed by atoms with Crippen molar-refractivity contribution in [2.24, 2.45) is 0 Å². The van der Waals surface area contributed by atoms with E-state index in [1.165, 1.54) is 12.1 Å². The lowest BCUT2D eigenvalue weighted by Crippen LogP contribution is -2.33. The molecule has 2 rings (SSSR count). The molecule has 1 heterocycles. The number of halogens is 2.